The summed E-state index contributed by atoms with van der Waals surface area (Å²) in [6, 6.07) is 23.1. The topological polar surface area (TPSA) is 42.0 Å². The van der Waals surface area contributed by atoms with Gasteiger partial charge in [0.15, 0.2) is 11.5 Å². The fourth-order valence-electron chi connectivity index (χ4n) is 6.11. The number of methoxy groups -OCH3 is 2. The van der Waals surface area contributed by atoms with E-state index in [-0.39, 0.29) is 11.9 Å². The van der Waals surface area contributed by atoms with Crippen molar-refractivity contribution in [3.8, 4) is 11.5 Å². The molecule has 32 heavy (non-hydrogen) atoms. The monoisotopic (exact) mass is 426 g/mol. The molecule has 0 radical (unpaired) electrons. The highest BCUT2D eigenvalue weighted by atomic mass is 16.5. The van der Waals surface area contributed by atoms with Gasteiger partial charge in [-0.1, -0.05) is 48.5 Å². The summed E-state index contributed by atoms with van der Waals surface area (Å²) in [5, 5.41) is 0. The summed E-state index contributed by atoms with van der Waals surface area (Å²) in [5.41, 5.74) is 5.04. The summed E-state index contributed by atoms with van der Waals surface area (Å²) in [5.74, 6) is 1.66. The van der Waals surface area contributed by atoms with Crippen LogP contribution >= 0.6 is 0 Å². The second kappa shape index (κ2) is 7.10. The van der Waals surface area contributed by atoms with E-state index in [1.807, 2.05) is 18.2 Å². The normalized spacial score (nSPS) is 23.8. The van der Waals surface area contributed by atoms with Gasteiger partial charge in [-0.25, -0.2) is 0 Å². The number of fused-ring (bicyclic) bond motifs is 7. The number of hydrogen-bond donors (Lipinski definition) is 0. The second-order valence-electron chi connectivity index (χ2n) is 8.69. The van der Waals surface area contributed by atoms with Crippen LogP contribution < -0.4 is 9.47 Å². The Bertz CT molecular complexity index is 1210. The lowest BCUT2D eigenvalue weighted by Crippen LogP contribution is -2.63. The number of amides is 1. The Morgan fingerprint density at radius 2 is 1.62 bits per heavy atom. The molecule has 3 heterocycles. The molecule has 1 saturated heterocycles. The molecule has 3 aromatic rings. The van der Waals surface area contributed by atoms with E-state index in [1.54, 1.807) is 14.2 Å². The van der Waals surface area contributed by atoms with Crippen molar-refractivity contribution < 1.29 is 14.3 Å². The first kappa shape index (κ1) is 19.4. The van der Waals surface area contributed by atoms with E-state index in [1.165, 1.54) is 11.1 Å². The summed E-state index contributed by atoms with van der Waals surface area (Å²) in [4.78, 5) is 18.2. The molecule has 5 nitrogen and oxygen atoms in total. The fourth-order valence-corrected chi connectivity index (χ4v) is 6.11. The number of hydrogen-bond acceptors (Lipinski definition) is 4. The lowest BCUT2D eigenvalue weighted by molar-refractivity contribution is -0.0761. The summed E-state index contributed by atoms with van der Waals surface area (Å²) in [7, 11) is 3.37. The Morgan fingerprint density at radius 1 is 0.906 bits per heavy atom. The molecule has 2 atom stereocenters. The fraction of sp³-hybridized carbons (Fsp3) is 0.296. The lowest BCUT2D eigenvalue weighted by Gasteiger charge is -2.56. The third-order valence-corrected chi connectivity index (χ3v) is 7.39. The predicted octanol–water partition coefficient (Wildman–Crippen LogP) is 4.36. The highest BCUT2D eigenvalue weighted by molar-refractivity contribution is 6.00. The van der Waals surface area contributed by atoms with Crippen molar-refractivity contribution in [3.05, 3.63) is 94.5 Å². The van der Waals surface area contributed by atoms with Gasteiger partial charge < -0.3 is 14.4 Å². The molecular weight excluding hydrogens is 400 g/mol. The van der Waals surface area contributed by atoms with Crippen molar-refractivity contribution in [2.45, 2.75) is 24.5 Å². The molecule has 0 aromatic heterocycles. The van der Waals surface area contributed by atoms with E-state index >= 15 is 0 Å². The molecule has 0 unspecified atom stereocenters. The standard InChI is InChI=1S/C27H26N2O3/c1-31-24-16-18-12-14-28-23(21(18)17-25(24)32-2)13-15-29-26(30)20-10-6-7-11-22(20)27(28,29)19-8-4-3-5-9-19/h3-11,16-17,23H,12-15H2,1-2H3/t23-,27+/m1/s1. The van der Waals surface area contributed by atoms with Crippen LogP contribution in [0.4, 0.5) is 0 Å². The molecule has 1 amide bonds. The lowest BCUT2D eigenvalue weighted by atomic mass is 9.80. The van der Waals surface area contributed by atoms with E-state index < -0.39 is 5.66 Å². The SMILES string of the molecule is COc1cc2c(cc1OC)[C@H]1CCN3C(=O)c4ccccc4[C@@]3(c3ccccc3)N1CC2. The average molecular weight is 427 g/mol. The van der Waals surface area contributed by atoms with Crippen molar-refractivity contribution in [1.29, 1.82) is 0 Å². The summed E-state index contributed by atoms with van der Waals surface area (Å²) >= 11 is 0. The van der Waals surface area contributed by atoms with Crippen LogP contribution in [0.3, 0.4) is 0 Å². The van der Waals surface area contributed by atoms with Crippen LogP contribution in [0, 0.1) is 0 Å². The van der Waals surface area contributed by atoms with Gasteiger partial charge in [0.2, 0.25) is 0 Å². The summed E-state index contributed by atoms with van der Waals surface area (Å²) in [6.45, 7) is 1.57. The molecule has 0 spiro atoms. The summed E-state index contributed by atoms with van der Waals surface area (Å²) in [6.07, 6.45) is 1.78. The third-order valence-electron chi connectivity index (χ3n) is 7.39. The van der Waals surface area contributed by atoms with Crippen LogP contribution in [-0.2, 0) is 12.1 Å². The minimum Gasteiger partial charge on any atom is -0.493 e. The molecule has 0 saturated carbocycles. The van der Waals surface area contributed by atoms with Crippen LogP contribution in [0.5, 0.6) is 11.5 Å². The predicted molar refractivity (Wildman–Crippen MR) is 122 cm³/mol. The molecule has 6 rings (SSSR count). The molecule has 0 aliphatic carbocycles. The molecule has 0 N–H and O–H groups in total. The van der Waals surface area contributed by atoms with E-state index in [9.17, 15) is 4.79 Å². The Labute approximate surface area is 188 Å². The van der Waals surface area contributed by atoms with Gasteiger partial charge in [0.25, 0.3) is 5.91 Å². The Kier molecular flexibility index (Phi) is 4.30. The van der Waals surface area contributed by atoms with Gasteiger partial charge in [0, 0.05) is 30.3 Å². The zero-order chi connectivity index (χ0) is 21.9. The van der Waals surface area contributed by atoms with E-state index in [4.69, 9.17) is 9.47 Å². The first-order valence-electron chi connectivity index (χ1n) is 11.2. The number of carbonyl (C=O) groups is 1. The van der Waals surface area contributed by atoms with Crippen molar-refractivity contribution in [3.63, 3.8) is 0 Å². The highest BCUT2D eigenvalue weighted by Gasteiger charge is 2.59. The third kappa shape index (κ3) is 2.40. The van der Waals surface area contributed by atoms with Crippen LogP contribution in [0.1, 0.15) is 45.1 Å². The zero-order valence-electron chi connectivity index (χ0n) is 18.4. The van der Waals surface area contributed by atoms with Crippen LogP contribution in [-0.4, -0.2) is 43.0 Å². The molecular formula is C27H26N2O3. The minimum atomic E-state index is -0.595. The largest absolute Gasteiger partial charge is 0.493 e. The number of nitrogens with zero attached hydrogens (tertiary/aromatic N) is 2. The highest BCUT2D eigenvalue weighted by Crippen LogP contribution is 2.55. The van der Waals surface area contributed by atoms with E-state index in [0.29, 0.717) is 6.54 Å². The van der Waals surface area contributed by atoms with Gasteiger partial charge in [0.05, 0.1) is 14.2 Å². The van der Waals surface area contributed by atoms with Crippen molar-refractivity contribution in [2.24, 2.45) is 0 Å². The Morgan fingerprint density at radius 3 is 2.41 bits per heavy atom. The minimum absolute atomic E-state index is 0.126. The number of benzene rings is 3. The Balaban J connectivity index is 1.59. The molecule has 3 aliphatic rings. The second-order valence-corrected chi connectivity index (χ2v) is 8.69. The Hall–Kier alpha value is -3.31. The smallest absolute Gasteiger partial charge is 0.256 e. The van der Waals surface area contributed by atoms with Crippen LogP contribution in [0.25, 0.3) is 0 Å². The molecule has 3 aliphatic heterocycles. The maximum Gasteiger partial charge on any atom is 0.256 e. The quantitative estimate of drug-likeness (QED) is 0.624. The summed E-state index contributed by atoms with van der Waals surface area (Å²) < 4.78 is 11.2. The van der Waals surface area contributed by atoms with Crippen LogP contribution in [0.2, 0.25) is 0 Å². The van der Waals surface area contributed by atoms with Gasteiger partial charge in [-0.3, -0.25) is 9.69 Å². The average Bonchev–Trinajstić information content (AvgIpc) is 3.13. The van der Waals surface area contributed by atoms with E-state index in [2.05, 4.69) is 58.3 Å². The first-order chi connectivity index (χ1) is 15.7. The van der Waals surface area contributed by atoms with Gasteiger partial charge in [0.1, 0.15) is 5.66 Å². The van der Waals surface area contributed by atoms with Crippen molar-refractivity contribution >= 4 is 5.91 Å². The van der Waals surface area contributed by atoms with Crippen molar-refractivity contribution in [2.75, 3.05) is 27.3 Å². The van der Waals surface area contributed by atoms with Crippen molar-refractivity contribution in [1.82, 2.24) is 9.80 Å². The first-order valence-corrected chi connectivity index (χ1v) is 11.2. The number of carbonyl (C=O) groups excluding carboxylic acids is 1. The zero-order valence-corrected chi connectivity index (χ0v) is 18.4. The van der Waals surface area contributed by atoms with E-state index in [0.717, 1.165) is 47.6 Å². The molecule has 5 heteroatoms. The molecule has 162 valence electrons. The number of rotatable bonds is 3. The molecule has 1 fully saturated rings. The van der Waals surface area contributed by atoms with Crippen LogP contribution in [0.15, 0.2) is 66.7 Å². The van der Waals surface area contributed by atoms with Gasteiger partial charge in [-0.15, -0.1) is 0 Å². The van der Waals surface area contributed by atoms with Gasteiger partial charge in [-0.05, 0) is 47.7 Å². The molecule has 3 aromatic carbocycles. The van der Waals surface area contributed by atoms with Gasteiger partial charge >= 0.3 is 0 Å². The maximum atomic E-state index is 13.6. The number of ether oxygens (including phenoxy) is 2. The molecule has 0 bridgehead atoms. The maximum absolute atomic E-state index is 13.6. The van der Waals surface area contributed by atoms with Gasteiger partial charge in [-0.2, -0.15) is 0 Å².